The van der Waals surface area contributed by atoms with Crippen LogP contribution in [0.2, 0.25) is 0 Å². The number of aliphatic hydroxyl groups is 1. The van der Waals surface area contributed by atoms with Gasteiger partial charge in [-0.05, 0) is 56.3 Å². The Morgan fingerprint density at radius 2 is 1.72 bits per heavy atom. The average molecular weight is 395 g/mol. The Balaban J connectivity index is 1.39. The van der Waals surface area contributed by atoms with E-state index in [0.29, 0.717) is 6.04 Å². The molecule has 4 nitrogen and oxygen atoms in total. The van der Waals surface area contributed by atoms with Crippen molar-refractivity contribution in [1.29, 1.82) is 0 Å². The third kappa shape index (κ3) is 4.59. The smallest absolute Gasteiger partial charge is 0.142 e. The Kier molecular flexibility index (Phi) is 6.41. The van der Waals surface area contributed by atoms with Crippen LogP contribution in [0, 0.1) is 5.41 Å². The highest BCUT2D eigenvalue weighted by molar-refractivity contribution is 5.58. The Hall–Kier alpha value is -2.04. The molecule has 1 N–H and O–H groups in total. The summed E-state index contributed by atoms with van der Waals surface area (Å²) in [6.45, 7) is 4.57. The molecule has 0 bridgehead atoms. The first-order valence-electron chi connectivity index (χ1n) is 11.0. The summed E-state index contributed by atoms with van der Waals surface area (Å²) in [7, 11) is 1.75. The molecule has 29 heavy (non-hydrogen) atoms. The van der Waals surface area contributed by atoms with E-state index in [1.165, 1.54) is 30.5 Å². The number of anilines is 1. The minimum atomic E-state index is -0.000607. The predicted octanol–water partition coefficient (Wildman–Crippen LogP) is 3.98. The monoisotopic (exact) mass is 394 g/mol. The molecule has 4 heteroatoms. The van der Waals surface area contributed by atoms with Crippen molar-refractivity contribution in [1.82, 2.24) is 4.90 Å². The Labute approximate surface area is 175 Å². The average Bonchev–Trinajstić information content (AvgIpc) is 2.80. The number of rotatable bonds is 6. The van der Waals surface area contributed by atoms with Gasteiger partial charge >= 0.3 is 0 Å². The fraction of sp³-hybridized carbons (Fsp3) is 0.520. The molecule has 156 valence electrons. The summed E-state index contributed by atoms with van der Waals surface area (Å²) in [4.78, 5) is 5.13. The second kappa shape index (κ2) is 9.19. The molecule has 0 aromatic heterocycles. The maximum Gasteiger partial charge on any atom is 0.142 e. The van der Waals surface area contributed by atoms with Gasteiger partial charge in [0.25, 0.3) is 0 Å². The molecule has 2 aliphatic rings. The van der Waals surface area contributed by atoms with Crippen LogP contribution in [0.5, 0.6) is 5.75 Å². The summed E-state index contributed by atoms with van der Waals surface area (Å²) in [6.07, 6.45) is 5.62. The predicted molar refractivity (Wildman–Crippen MR) is 119 cm³/mol. The van der Waals surface area contributed by atoms with Gasteiger partial charge in [-0.3, -0.25) is 4.90 Å². The van der Waals surface area contributed by atoms with Gasteiger partial charge in [-0.25, -0.2) is 0 Å². The van der Waals surface area contributed by atoms with E-state index >= 15 is 0 Å². The standard InChI is InChI=1S/C25H34N2O2/c1-29-24-11-6-5-10-23(24)26-16-12-22(13-17-26)27-15-7-14-25(19-27,20-28)18-21-8-3-2-4-9-21/h2-6,8-11,22,28H,7,12-20H2,1H3/t25-/m1/s1. The van der Waals surface area contributed by atoms with Crippen molar-refractivity contribution in [2.24, 2.45) is 5.41 Å². The molecule has 0 unspecified atom stereocenters. The second-order valence-electron chi connectivity index (χ2n) is 8.78. The number of nitrogens with zero attached hydrogens (tertiary/aromatic N) is 2. The number of piperidine rings is 2. The Morgan fingerprint density at radius 3 is 2.45 bits per heavy atom. The van der Waals surface area contributed by atoms with E-state index in [1.54, 1.807) is 7.11 Å². The maximum absolute atomic E-state index is 10.3. The van der Waals surface area contributed by atoms with E-state index in [9.17, 15) is 5.11 Å². The zero-order chi connectivity index (χ0) is 20.1. The number of hydrogen-bond acceptors (Lipinski definition) is 4. The normalized spacial score (nSPS) is 23.9. The molecule has 2 heterocycles. The lowest BCUT2D eigenvalue weighted by molar-refractivity contribution is 0.00727. The number of methoxy groups -OCH3 is 1. The quantitative estimate of drug-likeness (QED) is 0.804. The third-order valence-electron chi connectivity index (χ3n) is 6.86. The number of likely N-dealkylation sites (tertiary alicyclic amines) is 1. The van der Waals surface area contributed by atoms with Gasteiger partial charge in [-0.15, -0.1) is 0 Å². The van der Waals surface area contributed by atoms with Gasteiger partial charge in [0.1, 0.15) is 5.75 Å². The van der Waals surface area contributed by atoms with Crippen molar-refractivity contribution in [3.05, 3.63) is 60.2 Å². The summed E-state index contributed by atoms with van der Waals surface area (Å²) >= 11 is 0. The molecule has 0 saturated carbocycles. The van der Waals surface area contributed by atoms with Crippen molar-refractivity contribution < 1.29 is 9.84 Å². The van der Waals surface area contributed by atoms with Crippen LogP contribution in [-0.2, 0) is 6.42 Å². The van der Waals surface area contributed by atoms with Crippen LogP contribution in [0.15, 0.2) is 54.6 Å². The highest BCUT2D eigenvalue weighted by Gasteiger charge is 2.38. The fourth-order valence-electron chi connectivity index (χ4n) is 5.28. The highest BCUT2D eigenvalue weighted by Crippen LogP contribution is 2.36. The van der Waals surface area contributed by atoms with E-state index in [4.69, 9.17) is 4.74 Å². The van der Waals surface area contributed by atoms with Crippen molar-refractivity contribution in [2.75, 3.05) is 44.8 Å². The molecule has 2 fully saturated rings. The summed E-state index contributed by atoms with van der Waals surface area (Å²) in [6, 6.07) is 19.6. The fourth-order valence-corrected chi connectivity index (χ4v) is 5.28. The molecule has 0 aliphatic carbocycles. The molecule has 0 radical (unpaired) electrons. The number of para-hydroxylation sites is 2. The number of benzene rings is 2. The highest BCUT2D eigenvalue weighted by atomic mass is 16.5. The summed E-state index contributed by atoms with van der Waals surface area (Å²) in [5, 5.41) is 10.3. The van der Waals surface area contributed by atoms with E-state index < -0.39 is 0 Å². The number of hydrogen-bond donors (Lipinski definition) is 1. The lowest BCUT2D eigenvalue weighted by Gasteiger charge is -2.47. The SMILES string of the molecule is COc1ccccc1N1CCC(N2CCC[C@@](CO)(Cc3ccccc3)C2)CC1. The van der Waals surface area contributed by atoms with Gasteiger partial charge in [-0.2, -0.15) is 0 Å². The first-order valence-corrected chi connectivity index (χ1v) is 11.0. The van der Waals surface area contributed by atoms with Crippen LogP contribution in [0.4, 0.5) is 5.69 Å². The molecule has 2 aliphatic heterocycles. The van der Waals surface area contributed by atoms with E-state index in [0.717, 1.165) is 44.8 Å². The van der Waals surface area contributed by atoms with Gasteiger partial charge < -0.3 is 14.7 Å². The van der Waals surface area contributed by atoms with E-state index in [-0.39, 0.29) is 12.0 Å². The third-order valence-corrected chi connectivity index (χ3v) is 6.86. The van der Waals surface area contributed by atoms with Crippen LogP contribution in [-0.4, -0.2) is 55.9 Å². The largest absolute Gasteiger partial charge is 0.495 e. The van der Waals surface area contributed by atoms with Gasteiger partial charge in [0.05, 0.1) is 19.4 Å². The van der Waals surface area contributed by atoms with Gasteiger partial charge in [0.15, 0.2) is 0 Å². The Morgan fingerprint density at radius 1 is 1.00 bits per heavy atom. The lowest BCUT2D eigenvalue weighted by atomic mass is 9.75. The summed E-state index contributed by atoms with van der Waals surface area (Å²) in [5.74, 6) is 0.964. The van der Waals surface area contributed by atoms with Crippen molar-refractivity contribution >= 4 is 5.69 Å². The Bertz CT molecular complexity index is 773. The number of aliphatic hydroxyl groups excluding tert-OH is 1. The van der Waals surface area contributed by atoms with E-state index in [1.807, 2.05) is 12.1 Å². The number of ether oxygens (including phenoxy) is 1. The maximum atomic E-state index is 10.3. The molecule has 1 atom stereocenters. The summed E-state index contributed by atoms with van der Waals surface area (Å²) < 4.78 is 5.56. The van der Waals surface area contributed by atoms with Crippen molar-refractivity contribution in [2.45, 2.75) is 38.1 Å². The van der Waals surface area contributed by atoms with Crippen molar-refractivity contribution in [3.63, 3.8) is 0 Å². The first kappa shape index (κ1) is 20.2. The second-order valence-corrected chi connectivity index (χ2v) is 8.78. The molecular weight excluding hydrogens is 360 g/mol. The zero-order valence-corrected chi connectivity index (χ0v) is 17.6. The lowest BCUT2D eigenvalue weighted by Crippen LogP contribution is -2.53. The van der Waals surface area contributed by atoms with Crippen molar-refractivity contribution in [3.8, 4) is 5.75 Å². The van der Waals surface area contributed by atoms with Gasteiger partial charge in [-0.1, -0.05) is 42.5 Å². The molecule has 2 saturated heterocycles. The first-order chi connectivity index (χ1) is 14.2. The van der Waals surface area contributed by atoms with Crippen LogP contribution in [0.3, 0.4) is 0 Å². The van der Waals surface area contributed by atoms with Crippen LogP contribution in [0.25, 0.3) is 0 Å². The minimum absolute atomic E-state index is 0.000607. The molecular formula is C25H34N2O2. The van der Waals surface area contributed by atoms with Crippen LogP contribution >= 0.6 is 0 Å². The minimum Gasteiger partial charge on any atom is -0.495 e. The summed E-state index contributed by atoms with van der Waals surface area (Å²) in [5.41, 5.74) is 2.55. The topological polar surface area (TPSA) is 35.9 Å². The van der Waals surface area contributed by atoms with E-state index in [2.05, 4.69) is 52.3 Å². The molecule has 0 amide bonds. The molecule has 2 aromatic rings. The van der Waals surface area contributed by atoms with Gasteiger partial charge in [0, 0.05) is 31.1 Å². The zero-order valence-electron chi connectivity index (χ0n) is 17.6. The van der Waals surface area contributed by atoms with Crippen LogP contribution < -0.4 is 9.64 Å². The molecule has 2 aromatic carbocycles. The van der Waals surface area contributed by atoms with Crippen LogP contribution in [0.1, 0.15) is 31.2 Å². The van der Waals surface area contributed by atoms with Gasteiger partial charge in [0.2, 0.25) is 0 Å². The molecule has 4 rings (SSSR count). The molecule has 0 spiro atoms.